The molecular formula is C20H26NO2P. The lowest BCUT2D eigenvalue weighted by molar-refractivity contribution is 0.496. The maximum atomic E-state index is 12.0. The standard InChI is InChI=1S/C20H26NO2P/c1-4-5-6-7-8-15-9-11-17-18-12-10-16(24(3,22)23)14-20(18)21(2)19(17)13-15/h9-14H,4-8H2,1-3H3,(H,22,23). The summed E-state index contributed by atoms with van der Waals surface area (Å²) in [7, 11) is -1.19. The zero-order valence-corrected chi connectivity index (χ0v) is 15.6. The van der Waals surface area contributed by atoms with Gasteiger partial charge in [-0.2, -0.15) is 0 Å². The monoisotopic (exact) mass is 343 g/mol. The molecule has 3 nitrogen and oxygen atoms in total. The van der Waals surface area contributed by atoms with Crippen molar-refractivity contribution in [2.75, 3.05) is 6.66 Å². The number of benzene rings is 2. The van der Waals surface area contributed by atoms with Gasteiger partial charge in [0, 0.05) is 40.8 Å². The minimum Gasteiger partial charge on any atom is -0.344 e. The van der Waals surface area contributed by atoms with Gasteiger partial charge in [0.15, 0.2) is 0 Å². The van der Waals surface area contributed by atoms with Crippen LogP contribution in [-0.2, 0) is 18.0 Å². The van der Waals surface area contributed by atoms with Crippen LogP contribution in [0.2, 0.25) is 0 Å². The maximum absolute atomic E-state index is 12.0. The van der Waals surface area contributed by atoms with E-state index >= 15 is 0 Å². The van der Waals surface area contributed by atoms with E-state index in [9.17, 15) is 9.46 Å². The normalized spacial score (nSPS) is 14.3. The summed E-state index contributed by atoms with van der Waals surface area (Å²) in [5.74, 6) is 0. The van der Waals surface area contributed by atoms with Crippen LogP contribution in [-0.4, -0.2) is 16.1 Å². The van der Waals surface area contributed by atoms with E-state index in [0.29, 0.717) is 5.30 Å². The molecule has 0 spiro atoms. The van der Waals surface area contributed by atoms with E-state index in [1.165, 1.54) is 48.8 Å². The molecule has 1 atom stereocenters. The Morgan fingerprint density at radius 2 is 1.67 bits per heavy atom. The Hall–Kier alpha value is -1.57. The van der Waals surface area contributed by atoms with Crippen LogP contribution >= 0.6 is 7.37 Å². The largest absolute Gasteiger partial charge is 0.344 e. The van der Waals surface area contributed by atoms with Crippen molar-refractivity contribution in [2.24, 2.45) is 7.05 Å². The fourth-order valence-electron chi connectivity index (χ4n) is 3.41. The van der Waals surface area contributed by atoms with Gasteiger partial charge in [-0.05, 0) is 36.6 Å². The van der Waals surface area contributed by atoms with Crippen LogP contribution in [0, 0.1) is 0 Å². The van der Waals surface area contributed by atoms with Crippen molar-refractivity contribution >= 4 is 34.5 Å². The third-order valence-electron chi connectivity index (χ3n) is 4.85. The topological polar surface area (TPSA) is 42.2 Å². The quantitative estimate of drug-likeness (QED) is 0.507. The minimum atomic E-state index is -3.23. The molecule has 128 valence electrons. The second kappa shape index (κ2) is 6.74. The predicted molar refractivity (Wildman–Crippen MR) is 104 cm³/mol. The summed E-state index contributed by atoms with van der Waals surface area (Å²) in [6.07, 6.45) is 6.20. The second-order valence-electron chi connectivity index (χ2n) is 6.80. The van der Waals surface area contributed by atoms with Crippen molar-refractivity contribution in [2.45, 2.75) is 39.0 Å². The highest BCUT2D eigenvalue weighted by Gasteiger charge is 2.16. The number of unbranched alkanes of at least 4 members (excludes halogenated alkanes) is 3. The summed E-state index contributed by atoms with van der Waals surface area (Å²) < 4.78 is 14.1. The fourth-order valence-corrected chi connectivity index (χ4v) is 4.12. The summed E-state index contributed by atoms with van der Waals surface area (Å²) >= 11 is 0. The number of fused-ring (bicyclic) bond motifs is 3. The molecule has 0 radical (unpaired) electrons. The van der Waals surface area contributed by atoms with Gasteiger partial charge in [0.25, 0.3) is 0 Å². The molecule has 0 fully saturated rings. The molecule has 1 unspecified atom stereocenters. The molecule has 0 aliphatic heterocycles. The number of aromatic nitrogens is 1. The highest BCUT2D eigenvalue weighted by atomic mass is 31.2. The first kappa shape index (κ1) is 17.3. The van der Waals surface area contributed by atoms with Crippen molar-refractivity contribution < 1.29 is 9.46 Å². The molecule has 0 saturated heterocycles. The zero-order chi connectivity index (χ0) is 17.3. The molecule has 3 aromatic rings. The van der Waals surface area contributed by atoms with E-state index < -0.39 is 7.37 Å². The molecule has 2 aromatic carbocycles. The first-order valence-electron chi connectivity index (χ1n) is 8.73. The maximum Gasteiger partial charge on any atom is 0.226 e. The Morgan fingerprint density at radius 1 is 1.00 bits per heavy atom. The Bertz CT molecular complexity index is 920. The number of hydrogen-bond donors (Lipinski definition) is 1. The van der Waals surface area contributed by atoms with Gasteiger partial charge in [-0.1, -0.05) is 44.4 Å². The van der Waals surface area contributed by atoms with Gasteiger partial charge in [0.1, 0.15) is 0 Å². The fraction of sp³-hybridized carbons (Fsp3) is 0.400. The van der Waals surface area contributed by atoms with Crippen LogP contribution < -0.4 is 5.30 Å². The van der Waals surface area contributed by atoms with Crippen LogP contribution in [0.25, 0.3) is 21.8 Å². The average molecular weight is 343 g/mol. The molecule has 1 heterocycles. The number of nitrogens with zero attached hydrogens (tertiary/aromatic N) is 1. The van der Waals surface area contributed by atoms with Gasteiger partial charge < -0.3 is 9.46 Å². The Morgan fingerprint density at radius 3 is 2.33 bits per heavy atom. The first-order valence-corrected chi connectivity index (χ1v) is 10.8. The summed E-state index contributed by atoms with van der Waals surface area (Å²) in [5, 5.41) is 2.86. The number of rotatable bonds is 6. The Labute approximate surface area is 143 Å². The molecule has 0 aliphatic rings. The van der Waals surface area contributed by atoms with Gasteiger partial charge >= 0.3 is 0 Å². The van der Waals surface area contributed by atoms with Gasteiger partial charge in [-0.15, -0.1) is 0 Å². The number of aryl methyl sites for hydroxylation is 2. The van der Waals surface area contributed by atoms with E-state index in [0.717, 1.165) is 17.3 Å². The van der Waals surface area contributed by atoms with Gasteiger partial charge in [0.05, 0.1) is 0 Å². The molecule has 4 heteroatoms. The molecular weight excluding hydrogens is 317 g/mol. The molecule has 3 rings (SSSR count). The van der Waals surface area contributed by atoms with E-state index in [1.54, 1.807) is 6.07 Å². The lowest BCUT2D eigenvalue weighted by Crippen LogP contribution is -2.03. The van der Waals surface area contributed by atoms with E-state index in [2.05, 4.69) is 29.7 Å². The van der Waals surface area contributed by atoms with Crippen molar-refractivity contribution in [3.05, 3.63) is 42.0 Å². The molecule has 0 saturated carbocycles. The molecule has 24 heavy (non-hydrogen) atoms. The van der Waals surface area contributed by atoms with Crippen molar-refractivity contribution in [3.8, 4) is 0 Å². The molecule has 1 N–H and O–H groups in total. The third-order valence-corrected chi connectivity index (χ3v) is 6.09. The van der Waals surface area contributed by atoms with Crippen molar-refractivity contribution in [1.29, 1.82) is 0 Å². The average Bonchev–Trinajstić information content (AvgIpc) is 2.83. The Kier molecular flexibility index (Phi) is 4.85. The summed E-state index contributed by atoms with van der Waals surface area (Å²) in [6, 6.07) is 12.3. The van der Waals surface area contributed by atoms with E-state index in [-0.39, 0.29) is 0 Å². The zero-order valence-electron chi connectivity index (χ0n) is 14.7. The molecule has 0 amide bonds. The van der Waals surface area contributed by atoms with Crippen LogP contribution in [0.4, 0.5) is 0 Å². The van der Waals surface area contributed by atoms with Crippen LogP contribution in [0.1, 0.15) is 38.2 Å². The van der Waals surface area contributed by atoms with Crippen LogP contribution in [0.15, 0.2) is 36.4 Å². The highest BCUT2D eigenvalue weighted by molar-refractivity contribution is 7.65. The third kappa shape index (κ3) is 3.29. The summed E-state index contributed by atoms with van der Waals surface area (Å²) in [6.45, 7) is 3.63. The Balaban J connectivity index is 2.02. The van der Waals surface area contributed by atoms with Crippen molar-refractivity contribution in [1.82, 2.24) is 4.57 Å². The molecule has 0 bridgehead atoms. The highest BCUT2D eigenvalue weighted by Crippen LogP contribution is 2.36. The van der Waals surface area contributed by atoms with E-state index in [4.69, 9.17) is 0 Å². The smallest absolute Gasteiger partial charge is 0.226 e. The second-order valence-corrected chi connectivity index (χ2v) is 9.08. The molecule has 1 aromatic heterocycles. The van der Waals surface area contributed by atoms with Gasteiger partial charge in [-0.3, -0.25) is 4.57 Å². The van der Waals surface area contributed by atoms with Crippen LogP contribution in [0.5, 0.6) is 0 Å². The molecule has 0 aliphatic carbocycles. The minimum absolute atomic E-state index is 0.515. The predicted octanol–water partition coefficient (Wildman–Crippen LogP) is 4.98. The lowest BCUT2D eigenvalue weighted by atomic mass is 10.0. The van der Waals surface area contributed by atoms with Crippen molar-refractivity contribution in [3.63, 3.8) is 0 Å². The first-order chi connectivity index (χ1) is 11.4. The van der Waals surface area contributed by atoms with Gasteiger partial charge in [-0.25, -0.2) is 0 Å². The number of hydrogen-bond acceptors (Lipinski definition) is 1. The lowest BCUT2D eigenvalue weighted by Gasteiger charge is -2.06. The van der Waals surface area contributed by atoms with E-state index in [1.807, 2.05) is 19.2 Å². The summed E-state index contributed by atoms with van der Waals surface area (Å²) in [5.41, 5.74) is 3.58. The van der Waals surface area contributed by atoms with Gasteiger partial charge in [0.2, 0.25) is 7.37 Å². The summed E-state index contributed by atoms with van der Waals surface area (Å²) in [4.78, 5) is 9.85. The van der Waals surface area contributed by atoms with Crippen LogP contribution in [0.3, 0.4) is 0 Å². The SMILES string of the molecule is CCCCCCc1ccc2c3ccc(P(C)(=O)O)cc3n(C)c2c1.